The molecular formula is C13H14O. The Kier molecular flexibility index (Phi) is 2.51. The van der Waals surface area contributed by atoms with Crippen LogP contribution < -0.4 is 0 Å². The monoisotopic (exact) mass is 186 g/mol. The summed E-state index contributed by atoms with van der Waals surface area (Å²) in [5.74, 6) is 0. The van der Waals surface area contributed by atoms with Crippen LogP contribution in [-0.2, 0) is 0 Å². The van der Waals surface area contributed by atoms with Crippen molar-refractivity contribution < 1.29 is 5.11 Å². The summed E-state index contributed by atoms with van der Waals surface area (Å²) in [5, 5.41) is 9.81. The summed E-state index contributed by atoms with van der Waals surface area (Å²) in [6, 6.07) is 10.0. The van der Waals surface area contributed by atoms with Gasteiger partial charge in [-0.1, -0.05) is 42.0 Å². The number of benzene rings is 1. The van der Waals surface area contributed by atoms with Gasteiger partial charge in [-0.05, 0) is 24.0 Å². The lowest BCUT2D eigenvalue weighted by Crippen LogP contribution is -2.05. The summed E-state index contributed by atoms with van der Waals surface area (Å²) in [4.78, 5) is 0. The lowest BCUT2D eigenvalue weighted by atomic mass is 9.99. The van der Waals surface area contributed by atoms with Crippen LogP contribution in [0, 0.1) is 0 Å². The molecule has 1 aliphatic rings. The molecule has 0 amide bonds. The predicted octanol–water partition coefficient (Wildman–Crippen LogP) is 2.78. The van der Waals surface area contributed by atoms with Gasteiger partial charge in [0.05, 0.1) is 6.10 Å². The first-order chi connectivity index (χ1) is 6.83. The van der Waals surface area contributed by atoms with E-state index in [0.29, 0.717) is 0 Å². The second-order valence-electron chi connectivity index (χ2n) is 3.56. The molecule has 1 unspecified atom stereocenters. The van der Waals surface area contributed by atoms with Crippen LogP contribution in [-0.4, -0.2) is 11.2 Å². The van der Waals surface area contributed by atoms with Gasteiger partial charge in [0.2, 0.25) is 0 Å². The van der Waals surface area contributed by atoms with Crippen LogP contribution in [0.4, 0.5) is 0 Å². The van der Waals surface area contributed by atoms with Gasteiger partial charge in [0.25, 0.3) is 0 Å². The fraction of sp³-hybridized carbons (Fsp3) is 0.231. The van der Waals surface area contributed by atoms with Crippen molar-refractivity contribution in [2.24, 2.45) is 0 Å². The molecule has 0 aliphatic heterocycles. The summed E-state index contributed by atoms with van der Waals surface area (Å²) in [5.41, 5.74) is 3.54. The Morgan fingerprint density at radius 3 is 2.43 bits per heavy atom. The van der Waals surface area contributed by atoms with E-state index in [1.165, 1.54) is 5.57 Å². The van der Waals surface area contributed by atoms with Crippen LogP contribution in [0.2, 0.25) is 0 Å². The average Bonchev–Trinajstić information content (AvgIpc) is 3.04. The highest BCUT2D eigenvalue weighted by Gasteiger charge is 2.22. The quantitative estimate of drug-likeness (QED) is 0.720. The Morgan fingerprint density at radius 2 is 1.93 bits per heavy atom. The number of hydrogen-bond acceptors (Lipinski definition) is 1. The maximum absolute atomic E-state index is 9.81. The topological polar surface area (TPSA) is 20.2 Å². The van der Waals surface area contributed by atoms with Gasteiger partial charge >= 0.3 is 0 Å². The summed E-state index contributed by atoms with van der Waals surface area (Å²) in [6.07, 6.45) is 3.31. The first-order valence-corrected chi connectivity index (χ1v) is 4.91. The first kappa shape index (κ1) is 9.22. The minimum Gasteiger partial charge on any atom is -0.384 e. The fourth-order valence-electron chi connectivity index (χ4n) is 1.65. The van der Waals surface area contributed by atoms with Crippen LogP contribution in [0.1, 0.15) is 18.4 Å². The summed E-state index contributed by atoms with van der Waals surface area (Å²) in [7, 11) is 0. The number of hydrogen-bond donors (Lipinski definition) is 1. The Bertz CT molecular complexity index is 356. The normalized spacial score (nSPS) is 16.2. The third-order valence-corrected chi connectivity index (χ3v) is 2.48. The third-order valence-electron chi connectivity index (χ3n) is 2.48. The van der Waals surface area contributed by atoms with Gasteiger partial charge in [-0.15, -0.1) is 6.58 Å². The van der Waals surface area contributed by atoms with Crippen molar-refractivity contribution in [1.29, 1.82) is 0 Å². The zero-order valence-electron chi connectivity index (χ0n) is 8.11. The summed E-state index contributed by atoms with van der Waals surface area (Å²) >= 11 is 0. The highest BCUT2D eigenvalue weighted by Crippen LogP contribution is 2.38. The molecule has 72 valence electrons. The largest absolute Gasteiger partial charge is 0.384 e. The number of allylic oxidation sites excluding steroid dienone is 1. The second-order valence-corrected chi connectivity index (χ2v) is 3.56. The first-order valence-electron chi connectivity index (χ1n) is 4.91. The van der Waals surface area contributed by atoms with Crippen molar-refractivity contribution in [3.8, 4) is 0 Å². The average molecular weight is 186 g/mol. The van der Waals surface area contributed by atoms with Crippen molar-refractivity contribution in [1.82, 2.24) is 0 Å². The molecule has 1 heteroatoms. The fourth-order valence-corrected chi connectivity index (χ4v) is 1.65. The SMILES string of the molecule is C=CC(O)C(=C1CC1)c1ccccc1. The molecule has 1 aliphatic carbocycles. The molecule has 0 bridgehead atoms. The Hall–Kier alpha value is -1.34. The predicted molar refractivity (Wildman–Crippen MR) is 58.8 cm³/mol. The van der Waals surface area contributed by atoms with Crippen LogP contribution in [0.15, 0.2) is 48.6 Å². The molecular weight excluding hydrogens is 172 g/mol. The van der Waals surface area contributed by atoms with Crippen molar-refractivity contribution in [2.45, 2.75) is 18.9 Å². The van der Waals surface area contributed by atoms with E-state index in [-0.39, 0.29) is 0 Å². The maximum atomic E-state index is 9.81. The lowest BCUT2D eigenvalue weighted by molar-refractivity contribution is 0.280. The standard InChI is InChI=1S/C13H14O/c1-2-12(14)13(11-8-9-11)10-6-4-3-5-7-10/h2-7,12,14H,1,8-9H2. The van der Waals surface area contributed by atoms with E-state index >= 15 is 0 Å². The van der Waals surface area contributed by atoms with Gasteiger partial charge < -0.3 is 5.11 Å². The molecule has 2 rings (SSSR count). The molecule has 1 aromatic rings. The second kappa shape index (κ2) is 3.81. The van der Waals surface area contributed by atoms with Crippen LogP contribution in [0.5, 0.6) is 0 Å². The van der Waals surface area contributed by atoms with Gasteiger partial charge in [-0.25, -0.2) is 0 Å². The van der Waals surface area contributed by atoms with Gasteiger partial charge in [-0.3, -0.25) is 0 Å². The molecule has 0 saturated heterocycles. The molecule has 0 heterocycles. The van der Waals surface area contributed by atoms with Crippen molar-refractivity contribution >= 4 is 5.57 Å². The van der Waals surface area contributed by atoms with Crippen molar-refractivity contribution in [3.63, 3.8) is 0 Å². The van der Waals surface area contributed by atoms with E-state index in [1.54, 1.807) is 6.08 Å². The van der Waals surface area contributed by atoms with Crippen molar-refractivity contribution in [3.05, 3.63) is 54.1 Å². The summed E-state index contributed by atoms with van der Waals surface area (Å²) in [6.45, 7) is 3.63. The van der Waals surface area contributed by atoms with E-state index < -0.39 is 6.10 Å². The van der Waals surface area contributed by atoms with E-state index in [2.05, 4.69) is 6.58 Å². The summed E-state index contributed by atoms with van der Waals surface area (Å²) < 4.78 is 0. The Morgan fingerprint density at radius 1 is 1.29 bits per heavy atom. The van der Waals surface area contributed by atoms with Gasteiger partial charge in [0.15, 0.2) is 0 Å². The molecule has 1 fully saturated rings. The molecule has 14 heavy (non-hydrogen) atoms. The van der Waals surface area contributed by atoms with Crippen LogP contribution in [0.25, 0.3) is 5.57 Å². The minimum absolute atomic E-state index is 0.519. The molecule has 1 N–H and O–H groups in total. The van der Waals surface area contributed by atoms with E-state index in [9.17, 15) is 5.11 Å². The number of rotatable bonds is 3. The number of aliphatic hydroxyl groups excluding tert-OH is 1. The van der Waals surface area contributed by atoms with Gasteiger partial charge in [0, 0.05) is 0 Å². The molecule has 0 radical (unpaired) electrons. The molecule has 0 spiro atoms. The molecule has 1 saturated carbocycles. The van der Waals surface area contributed by atoms with Crippen molar-refractivity contribution in [2.75, 3.05) is 0 Å². The Labute approximate surface area is 84.4 Å². The highest BCUT2D eigenvalue weighted by molar-refractivity contribution is 5.75. The van der Waals surface area contributed by atoms with Gasteiger partial charge in [-0.2, -0.15) is 0 Å². The van der Waals surface area contributed by atoms with E-state index in [4.69, 9.17) is 0 Å². The zero-order valence-corrected chi connectivity index (χ0v) is 8.11. The minimum atomic E-state index is -0.519. The van der Waals surface area contributed by atoms with E-state index in [0.717, 1.165) is 24.0 Å². The van der Waals surface area contributed by atoms with Gasteiger partial charge in [0.1, 0.15) is 0 Å². The molecule has 1 aromatic carbocycles. The third kappa shape index (κ3) is 1.78. The highest BCUT2D eigenvalue weighted by atomic mass is 16.3. The molecule has 1 nitrogen and oxygen atoms in total. The molecule has 1 atom stereocenters. The lowest BCUT2D eigenvalue weighted by Gasteiger charge is -2.11. The zero-order chi connectivity index (χ0) is 9.97. The maximum Gasteiger partial charge on any atom is 0.0974 e. The number of aliphatic hydroxyl groups is 1. The smallest absolute Gasteiger partial charge is 0.0974 e. The van der Waals surface area contributed by atoms with Crippen LogP contribution >= 0.6 is 0 Å². The van der Waals surface area contributed by atoms with Crippen LogP contribution in [0.3, 0.4) is 0 Å². The van der Waals surface area contributed by atoms with E-state index in [1.807, 2.05) is 30.3 Å². The molecule has 0 aromatic heterocycles. The Balaban J connectivity index is 2.39.